The van der Waals surface area contributed by atoms with Crippen LogP contribution in [0.5, 0.6) is 0 Å². The molecule has 0 spiro atoms. The molecule has 0 aromatic carbocycles. The Bertz CT molecular complexity index is 611. The average molecular weight is 320 g/mol. The van der Waals surface area contributed by atoms with E-state index in [1.165, 1.54) is 0 Å². The molecule has 0 saturated carbocycles. The Balaban J connectivity index is 2.22. The Morgan fingerprint density at radius 1 is 1.50 bits per heavy atom. The quantitative estimate of drug-likeness (QED) is 0.771. The summed E-state index contributed by atoms with van der Waals surface area (Å²) in [7, 11) is 1.69. The number of aromatic nitrogens is 2. The first-order valence-electron chi connectivity index (χ1n) is 6.57. The molecule has 1 saturated heterocycles. The first-order valence-corrected chi connectivity index (χ1v) is 9.04. The molecule has 1 atom stereocenters. The lowest BCUT2D eigenvalue weighted by atomic mass is 10.1. The van der Waals surface area contributed by atoms with Crippen molar-refractivity contribution in [2.75, 3.05) is 17.2 Å². The SMILES string of the molecule is CCCn1ncc(C)c1N1CC(CS(=O)(=O)Cl)CC1=O. The van der Waals surface area contributed by atoms with Gasteiger partial charge in [0.25, 0.3) is 0 Å². The van der Waals surface area contributed by atoms with E-state index < -0.39 is 9.05 Å². The molecule has 6 nitrogen and oxygen atoms in total. The van der Waals surface area contributed by atoms with Gasteiger partial charge in [-0.2, -0.15) is 5.10 Å². The number of hydrogen-bond donors (Lipinski definition) is 0. The summed E-state index contributed by atoms with van der Waals surface area (Å²) >= 11 is 0. The van der Waals surface area contributed by atoms with Crippen LogP contribution in [0.15, 0.2) is 6.20 Å². The van der Waals surface area contributed by atoms with Gasteiger partial charge in [0, 0.05) is 41.7 Å². The van der Waals surface area contributed by atoms with E-state index in [9.17, 15) is 13.2 Å². The summed E-state index contributed by atoms with van der Waals surface area (Å²) in [5, 5.41) is 4.26. The maximum absolute atomic E-state index is 12.1. The standard InChI is InChI=1S/C12H18ClN3O3S/c1-3-4-16-12(9(2)6-14-16)15-7-10(5-11(15)17)8-20(13,18)19/h6,10H,3-5,7-8H2,1-2H3. The summed E-state index contributed by atoms with van der Waals surface area (Å²) in [4.78, 5) is 13.8. The van der Waals surface area contributed by atoms with Crippen molar-refractivity contribution in [2.45, 2.75) is 33.2 Å². The number of carbonyl (C=O) groups excluding carboxylic acids is 1. The molecule has 0 N–H and O–H groups in total. The lowest BCUT2D eigenvalue weighted by Crippen LogP contribution is -2.28. The van der Waals surface area contributed by atoms with Crippen molar-refractivity contribution in [1.82, 2.24) is 9.78 Å². The van der Waals surface area contributed by atoms with E-state index in [0.717, 1.165) is 24.3 Å². The van der Waals surface area contributed by atoms with Crippen LogP contribution in [-0.4, -0.2) is 36.4 Å². The second-order valence-electron chi connectivity index (χ2n) is 5.15. The lowest BCUT2D eigenvalue weighted by Gasteiger charge is -2.19. The number of rotatable bonds is 5. The molecule has 1 aromatic rings. The first-order chi connectivity index (χ1) is 9.31. The van der Waals surface area contributed by atoms with Crippen molar-refractivity contribution >= 4 is 31.5 Å². The molecule has 0 aliphatic carbocycles. The second-order valence-corrected chi connectivity index (χ2v) is 7.98. The monoisotopic (exact) mass is 319 g/mol. The Hall–Kier alpha value is -1.08. The van der Waals surface area contributed by atoms with Gasteiger partial charge in [-0.1, -0.05) is 6.92 Å². The topological polar surface area (TPSA) is 72.3 Å². The van der Waals surface area contributed by atoms with Gasteiger partial charge in [-0.15, -0.1) is 0 Å². The van der Waals surface area contributed by atoms with Gasteiger partial charge in [-0.25, -0.2) is 13.1 Å². The van der Waals surface area contributed by atoms with Crippen LogP contribution in [-0.2, 0) is 20.4 Å². The molecule has 1 aromatic heterocycles. The zero-order valence-corrected chi connectivity index (χ0v) is 13.1. The summed E-state index contributed by atoms with van der Waals surface area (Å²) in [5.74, 6) is 0.273. The summed E-state index contributed by atoms with van der Waals surface area (Å²) < 4.78 is 24.1. The van der Waals surface area contributed by atoms with Gasteiger partial charge < -0.3 is 0 Å². The minimum Gasteiger partial charge on any atom is -0.296 e. The Labute approximate surface area is 123 Å². The fraction of sp³-hybridized carbons (Fsp3) is 0.667. The molecular weight excluding hydrogens is 302 g/mol. The van der Waals surface area contributed by atoms with Crippen molar-refractivity contribution in [3.05, 3.63) is 11.8 Å². The summed E-state index contributed by atoms with van der Waals surface area (Å²) in [6.45, 7) is 5.04. The van der Waals surface area contributed by atoms with Gasteiger partial charge in [-0.05, 0) is 13.3 Å². The highest BCUT2D eigenvalue weighted by molar-refractivity contribution is 8.13. The minimum absolute atomic E-state index is 0.0729. The number of amides is 1. The number of anilines is 1. The number of carbonyl (C=O) groups is 1. The Morgan fingerprint density at radius 2 is 2.20 bits per heavy atom. The van der Waals surface area contributed by atoms with E-state index in [1.807, 2.05) is 13.8 Å². The molecule has 1 amide bonds. The predicted molar refractivity (Wildman–Crippen MR) is 77.4 cm³/mol. The van der Waals surface area contributed by atoms with Crippen molar-refractivity contribution in [3.8, 4) is 0 Å². The molecule has 2 rings (SSSR count). The highest BCUT2D eigenvalue weighted by Gasteiger charge is 2.35. The van der Waals surface area contributed by atoms with E-state index in [2.05, 4.69) is 5.10 Å². The van der Waals surface area contributed by atoms with Crippen LogP contribution >= 0.6 is 10.7 Å². The number of halogens is 1. The lowest BCUT2D eigenvalue weighted by molar-refractivity contribution is -0.117. The van der Waals surface area contributed by atoms with Gasteiger partial charge in [-0.3, -0.25) is 9.69 Å². The molecule has 0 bridgehead atoms. The highest BCUT2D eigenvalue weighted by atomic mass is 35.7. The van der Waals surface area contributed by atoms with Crippen molar-refractivity contribution in [2.24, 2.45) is 5.92 Å². The van der Waals surface area contributed by atoms with Gasteiger partial charge in [0.1, 0.15) is 5.82 Å². The first kappa shape index (κ1) is 15.3. The fourth-order valence-electron chi connectivity index (χ4n) is 2.58. The third kappa shape index (κ3) is 3.32. The normalized spacial score (nSPS) is 19.9. The van der Waals surface area contributed by atoms with Crippen LogP contribution in [0.2, 0.25) is 0 Å². The van der Waals surface area contributed by atoms with Crippen molar-refractivity contribution in [1.29, 1.82) is 0 Å². The highest BCUT2D eigenvalue weighted by Crippen LogP contribution is 2.29. The summed E-state index contributed by atoms with van der Waals surface area (Å²) in [6, 6.07) is 0. The van der Waals surface area contributed by atoms with E-state index in [4.69, 9.17) is 10.7 Å². The molecule has 2 heterocycles. The van der Waals surface area contributed by atoms with Gasteiger partial charge in [0.05, 0.1) is 11.9 Å². The molecule has 1 aliphatic rings. The van der Waals surface area contributed by atoms with Gasteiger partial charge in [0.15, 0.2) is 0 Å². The van der Waals surface area contributed by atoms with Crippen LogP contribution in [0.3, 0.4) is 0 Å². The molecule has 20 heavy (non-hydrogen) atoms. The summed E-state index contributed by atoms with van der Waals surface area (Å²) in [6.07, 6.45) is 2.85. The van der Waals surface area contributed by atoms with Crippen LogP contribution in [0.1, 0.15) is 25.3 Å². The fourth-order valence-corrected chi connectivity index (χ4v) is 3.90. The average Bonchev–Trinajstić information content (AvgIpc) is 2.81. The number of nitrogens with zero attached hydrogens (tertiary/aromatic N) is 3. The zero-order chi connectivity index (χ0) is 14.9. The Morgan fingerprint density at radius 3 is 2.80 bits per heavy atom. The van der Waals surface area contributed by atoms with E-state index in [1.54, 1.807) is 15.8 Å². The largest absolute Gasteiger partial charge is 0.296 e. The molecule has 8 heteroatoms. The maximum atomic E-state index is 12.1. The predicted octanol–water partition coefficient (Wildman–Crippen LogP) is 1.52. The van der Waals surface area contributed by atoms with Crippen LogP contribution < -0.4 is 4.90 Å². The van der Waals surface area contributed by atoms with Crippen LogP contribution in [0.4, 0.5) is 5.82 Å². The van der Waals surface area contributed by atoms with Crippen LogP contribution in [0, 0.1) is 12.8 Å². The van der Waals surface area contributed by atoms with E-state index in [0.29, 0.717) is 6.54 Å². The molecule has 0 radical (unpaired) electrons. The number of hydrogen-bond acceptors (Lipinski definition) is 4. The summed E-state index contributed by atoms with van der Waals surface area (Å²) in [5.41, 5.74) is 0.918. The zero-order valence-electron chi connectivity index (χ0n) is 11.5. The molecule has 112 valence electrons. The minimum atomic E-state index is -3.58. The van der Waals surface area contributed by atoms with Crippen LogP contribution in [0.25, 0.3) is 0 Å². The van der Waals surface area contributed by atoms with E-state index >= 15 is 0 Å². The Kier molecular flexibility index (Phi) is 4.39. The van der Waals surface area contributed by atoms with Gasteiger partial charge >= 0.3 is 0 Å². The third-order valence-corrected chi connectivity index (χ3v) is 4.57. The third-order valence-electron chi connectivity index (χ3n) is 3.32. The molecule has 1 unspecified atom stereocenters. The van der Waals surface area contributed by atoms with E-state index in [-0.39, 0.29) is 24.0 Å². The number of aryl methyl sites for hydroxylation is 2. The van der Waals surface area contributed by atoms with Gasteiger partial charge in [0.2, 0.25) is 15.0 Å². The second kappa shape index (κ2) is 5.73. The van der Waals surface area contributed by atoms with Crippen molar-refractivity contribution in [3.63, 3.8) is 0 Å². The molecule has 1 aliphatic heterocycles. The molecular formula is C12H18ClN3O3S. The maximum Gasteiger partial charge on any atom is 0.232 e. The molecule has 1 fully saturated rings. The van der Waals surface area contributed by atoms with Crippen molar-refractivity contribution < 1.29 is 13.2 Å². The smallest absolute Gasteiger partial charge is 0.232 e.